The van der Waals surface area contributed by atoms with Crippen molar-refractivity contribution in [3.05, 3.63) is 108 Å². The zero-order valence-corrected chi connectivity index (χ0v) is 24.4. The van der Waals surface area contributed by atoms with Gasteiger partial charge in [0.25, 0.3) is 0 Å². The quantitative estimate of drug-likeness (QED) is 0.238. The van der Waals surface area contributed by atoms with E-state index in [1.807, 2.05) is 78.9 Å². The van der Waals surface area contributed by atoms with Crippen LogP contribution in [0.3, 0.4) is 0 Å². The molecule has 3 unspecified atom stereocenters. The van der Waals surface area contributed by atoms with Crippen molar-refractivity contribution in [1.82, 2.24) is 10.2 Å². The van der Waals surface area contributed by atoms with E-state index >= 15 is 0 Å². The minimum Gasteiger partial charge on any atom is -0.755 e. The summed E-state index contributed by atoms with van der Waals surface area (Å²) in [6.07, 6.45) is 4.37. The molecule has 1 fully saturated rings. The van der Waals surface area contributed by atoms with E-state index < -0.39 is 17.3 Å². The van der Waals surface area contributed by atoms with Crippen LogP contribution in [-0.2, 0) is 22.6 Å². The molecule has 0 radical (unpaired) electrons. The number of carbonyl (C=O) groups excluding carboxylic acids is 1. The molecule has 0 saturated carbocycles. The average Bonchev–Trinajstić information content (AvgIpc) is 3.02. The molecule has 1 saturated heterocycles. The molecular weight excluding hydrogens is 546 g/mol. The number of hydrogen-bond acceptors (Lipinski definition) is 5. The van der Waals surface area contributed by atoms with E-state index in [0.717, 1.165) is 52.8 Å². The number of para-hydroxylation sites is 1. The van der Waals surface area contributed by atoms with Crippen LogP contribution in [0.1, 0.15) is 60.9 Å². The number of likely N-dealkylation sites (tertiary alicyclic amines) is 1. The van der Waals surface area contributed by atoms with Crippen molar-refractivity contribution in [2.75, 3.05) is 24.0 Å². The van der Waals surface area contributed by atoms with Gasteiger partial charge in [0.05, 0.1) is 25.1 Å². The lowest BCUT2D eigenvalue weighted by molar-refractivity contribution is -0.122. The fraction of sp³-hybridized carbons (Fsp3) is 0.324. The highest BCUT2D eigenvalue weighted by atomic mass is 32.2. The van der Waals surface area contributed by atoms with Crippen LogP contribution in [0, 0.1) is 0 Å². The smallest absolute Gasteiger partial charge is 0.222 e. The first-order chi connectivity index (χ1) is 20.6. The second-order valence-electron chi connectivity index (χ2n) is 11.1. The highest BCUT2D eigenvalue weighted by Gasteiger charge is 2.29. The molecule has 0 bridgehead atoms. The highest BCUT2D eigenvalue weighted by molar-refractivity contribution is 7.80. The van der Waals surface area contributed by atoms with Crippen molar-refractivity contribution in [2.24, 2.45) is 0 Å². The number of fused-ring (bicyclic) bond motifs is 2. The maximum atomic E-state index is 13.7. The van der Waals surface area contributed by atoms with Gasteiger partial charge in [-0.15, -0.1) is 0 Å². The van der Waals surface area contributed by atoms with Crippen LogP contribution in [0.2, 0.25) is 0 Å². The number of benzene rings is 4. The molecule has 0 aliphatic carbocycles. The number of rotatable bonds is 9. The summed E-state index contributed by atoms with van der Waals surface area (Å²) in [4.78, 5) is 16.2. The molecule has 0 spiro atoms. The fourth-order valence-electron chi connectivity index (χ4n) is 6.25. The zero-order chi connectivity index (χ0) is 28.9. The summed E-state index contributed by atoms with van der Waals surface area (Å²) in [5.41, 5.74) is 3.41. The number of piperidine rings is 1. The molecule has 2 heterocycles. The minimum atomic E-state index is -2.62. The number of nitrogens with one attached hydrogen (secondary N) is 1. The third kappa shape index (κ3) is 6.36. The first-order valence-electron chi connectivity index (χ1n) is 14.8. The van der Waals surface area contributed by atoms with Gasteiger partial charge in [-0.25, -0.2) is 0 Å². The second-order valence-corrected chi connectivity index (χ2v) is 12.0. The molecule has 0 aromatic heterocycles. The van der Waals surface area contributed by atoms with E-state index in [2.05, 4.69) is 16.3 Å². The van der Waals surface area contributed by atoms with Gasteiger partial charge >= 0.3 is 0 Å². The van der Waals surface area contributed by atoms with Crippen molar-refractivity contribution in [3.8, 4) is 5.75 Å². The summed E-state index contributed by atoms with van der Waals surface area (Å²) in [5.74, 6) is 0.664. The number of ether oxygens (including phenoxy) is 1. The molecule has 2 aliphatic heterocycles. The first kappa shape index (κ1) is 28.4. The summed E-state index contributed by atoms with van der Waals surface area (Å²) < 4.78 is 33.0. The predicted octanol–water partition coefficient (Wildman–Crippen LogP) is 6.20. The van der Waals surface area contributed by atoms with Crippen molar-refractivity contribution in [2.45, 2.75) is 50.7 Å². The van der Waals surface area contributed by atoms with Crippen molar-refractivity contribution in [1.29, 1.82) is 0 Å². The monoisotopic (exact) mass is 582 g/mol. The molecule has 8 heteroatoms. The number of hydrogen-bond donors (Lipinski definition) is 1. The Kier molecular flexibility index (Phi) is 8.84. The van der Waals surface area contributed by atoms with Gasteiger partial charge in [-0.2, -0.15) is 0 Å². The Morgan fingerprint density at radius 3 is 2.50 bits per heavy atom. The van der Waals surface area contributed by atoms with Crippen molar-refractivity contribution in [3.63, 3.8) is 0 Å². The van der Waals surface area contributed by atoms with Crippen LogP contribution in [0.15, 0.2) is 91.0 Å². The van der Waals surface area contributed by atoms with E-state index in [9.17, 15) is 13.6 Å². The van der Waals surface area contributed by atoms with E-state index in [-0.39, 0.29) is 18.4 Å². The maximum absolute atomic E-state index is 13.7. The normalized spacial score (nSPS) is 18.5. The van der Waals surface area contributed by atoms with Gasteiger partial charge in [-0.3, -0.25) is 18.2 Å². The molecule has 4 aromatic carbocycles. The molecule has 3 atom stereocenters. The summed E-state index contributed by atoms with van der Waals surface area (Å²) in [6, 6.07) is 28.0. The number of amides is 1. The molecule has 6 rings (SSSR count). The molecule has 218 valence electrons. The number of anilines is 1. The Balaban J connectivity index is 1.25. The van der Waals surface area contributed by atoms with E-state index in [0.29, 0.717) is 18.7 Å². The van der Waals surface area contributed by atoms with Gasteiger partial charge in [-0.05, 0) is 54.4 Å². The van der Waals surface area contributed by atoms with Crippen molar-refractivity contribution < 1.29 is 18.3 Å². The largest absolute Gasteiger partial charge is 0.755 e. The third-order valence-electron chi connectivity index (χ3n) is 8.33. The minimum absolute atomic E-state index is 0.0228. The van der Waals surface area contributed by atoms with Gasteiger partial charge in [0, 0.05) is 41.0 Å². The number of carbonyl (C=O) groups is 1. The Morgan fingerprint density at radius 2 is 1.71 bits per heavy atom. The fourth-order valence-corrected chi connectivity index (χ4v) is 6.94. The first-order valence-corrected chi connectivity index (χ1v) is 15.8. The van der Waals surface area contributed by atoms with Gasteiger partial charge in [-0.1, -0.05) is 85.3 Å². The topological polar surface area (TPSA) is 84.9 Å². The lowest BCUT2D eigenvalue weighted by Gasteiger charge is -2.35. The molecule has 2 aliphatic rings. The number of nitrogens with zero attached hydrogens (tertiary/aromatic N) is 2. The Morgan fingerprint density at radius 1 is 0.952 bits per heavy atom. The lowest BCUT2D eigenvalue weighted by atomic mass is 9.96. The van der Waals surface area contributed by atoms with E-state index in [1.165, 1.54) is 23.6 Å². The Hall–Kier alpha value is -3.72. The molecule has 1 N–H and O–H groups in total. The SMILES string of the molecule is O=C(CC(c1ccccc1)N(c1ccc2ccccc2c1)S(=O)[O-])NC1CCOc2c(CN3CCCCC3)cccc21. The molecule has 4 aromatic rings. The standard InChI is InChI=1S/C34H37N3O4S/c38-33(35-31-18-21-41-34-28(14-9-15-30(31)34)24-36-19-7-2-8-20-36)23-32(26-11-3-1-4-12-26)37(42(39)40)29-17-16-25-10-5-6-13-27(25)22-29/h1,3-6,9-17,22,31-32H,2,7-8,18-21,23-24H2,(H,35,38)(H,39,40)/p-1. The van der Waals surface area contributed by atoms with Crippen molar-refractivity contribution >= 4 is 33.6 Å². The lowest BCUT2D eigenvalue weighted by Crippen LogP contribution is -2.37. The van der Waals surface area contributed by atoms with Crippen LogP contribution in [0.4, 0.5) is 5.69 Å². The van der Waals surface area contributed by atoms with Gasteiger partial charge in [0.2, 0.25) is 5.91 Å². The van der Waals surface area contributed by atoms with Gasteiger partial charge in [0.15, 0.2) is 0 Å². The average molecular weight is 583 g/mol. The van der Waals surface area contributed by atoms with Crippen LogP contribution < -0.4 is 14.4 Å². The maximum Gasteiger partial charge on any atom is 0.222 e. The molecular formula is C34H36N3O4S-. The summed E-state index contributed by atoms with van der Waals surface area (Å²) in [5, 5.41) is 5.17. The molecule has 42 heavy (non-hydrogen) atoms. The van der Waals surface area contributed by atoms with Crippen LogP contribution >= 0.6 is 0 Å². The third-order valence-corrected chi connectivity index (χ3v) is 9.11. The van der Waals surface area contributed by atoms with Crippen LogP contribution in [0.25, 0.3) is 10.8 Å². The van der Waals surface area contributed by atoms with Crippen LogP contribution in [-0.4, -0.2) is 39.3 Å². The zero-order valence-electron chi connectivity index (χ0n) is 23.6. The molecule has 7 nitrogen and oxygen atoms in total. The van der Waals surface area contributed by atoms with E-state index in [4.69, 9.17) is 4.74 Å². The summed E-state index contributed by atoms with van der Waals surface area (Å²) in [7, 11) is 0. The summed E-state index contributed by atoms with van der Waals surface area (Å²) in [6.45, 7) is 3.56. The molecule has 1 amide bonds. The Labute approximate surface area is 249 Å². The second kappa shape index (κ2) is 13.1. The summed E-state index contributed by atoms with van der Waals surface area (Å²) >= 11 is -2.62. The highest BCUT2D eigenvalue weighted by Crippen LogP contribution is 2.37. The van der Waals surface area contributed by atoms with Gasteiger partial charge < -0.3 is 14.6 Å². The van der Waals surface area contributed by atoms with E-state index in [1.54, 1.807) is 6.07 Å². The van der Waals surface area contributed by atoms with Crippen LogP contribution in [0.5, 0.6) is 5.75 Å². The Bertz CT molecular complexity index is 1560. The predicted molar refractivity (Wildman–Crippen MR) is 166 cm³/mol. The van der Waals surface area contributed by atoms with Gasteiger partial charge in [0.1, 0.15) is 5.75 Å².